The van der Waals surface area contributed by atoms with Gasteiger partial charge in [0.05, 0.1) is 13.7 Å². The summed E-state index contributed by atoms with van der Waals surface area (Å²) in [5.74, 6) is -2.61. The van der Waals surface area contributed by atoms with Gasteiger partial charge >= 0.3 is 0 Å². The lowest BCUT2D eigenvalue weighted by Gasteiger charge is -2.35. The number of aryl methyl sites for hydroxylation is 1. The lowest BCUT2D eigenvalue weighted by molar-refractivity contribution is -0.00437. The van der Waals surface area contributed by atoms with Crippen LogP contribution in [0.15, 0.2) is 70.9 Å². The standard InChI is InChI=1S/C25H22F3N5O/c1-15-10-17(6-8-21(15)34-2)25(22-31-13-24(27,28)14-33(22)23(29)32-25)18-5-7-20(26)19(11-18)16-4-3-9-30-12-16/h3-12H,13-14H2,1-2H3,(H2,29,32). The molecule has 9 heteroatoms. The predicted octanol–water partition coefficient (Wildman–Crippen LogP) is 4.13. The highest BCUT2D eigenvalue weighted by molar-refractivity contribution is 6.12. The van der Waals surface area contributed by atoms with Crippen LogP contribution in [0.3, 0.4) is 0 Å². The highest BCUT2D eigenvalue weighted by Crippen LogP contribution is 2.45. The van der Waals surface area contributed by atoms with Crippen LogP contribution in [0.25, 0.3) is 11.1 Å². The Labute approximate surface area is 194 Å². The van der Waals surface area contributed by atoms with Crippen molar-refractivity contribution >= 4 is 11.8 Å². The molecule has 0 fully saturated rings. The maximum absolute atomic E-state index is 14.9. The summed E-state index contributed by atoms with van der Waals surface area (Å²) in [6.45, 7) is 0.558. The number of fused-ring (bicyclic) bond motifs is 1. The number of alkyl halides is 2. The molecule has 0 aliphatic carbocycles. The van der Waals surface area contributed by atoms with Gasteiger partial charge < -0.3 is 10.5 Å². The molecule has 2 aromatic carbocycles. The fraction of sp³-hybridized carbons (Fsp3) is 0.240. The van der Waals surface area contributed by atoms with E-state index in [-0.39, 0.29) is 11.8 Å². The van der Waals surface area contributed by atoms with Crippen LogP contribution < -0.4 is 10.5 Å². The Balaban J connectivity index is 1.78. The third kappa shape index (κ3) is 3.39. The van der Waals surface area contributed by atoms with Crippen molar-refractivity contribution in [3.63, 3.8) is 0 Å². The normalized spacial score (nSPS) is 21.0. The van der Waals surface area contributed by atoms with E-state index in [2.05, 4.69) is 9.98 Å². The molecule has 0 bridgehead atoms. The SMILES string of the molecule is COc1ccc(C2(c3ccc(F)c(-c4cccnc4)c3)N=C(N)N3CC(F)(F)CN=C32)cc1C. The number of amidine groups is 1. The number of methoxy groups -OCH3 is 1. The van der Waals surface area contributed by atoms with Gasteiger partial charge in [-0.05, 0) is 53.9 Å². The van der Waals surface area contributed by atoms with Crippen molar-refractivity contribution in [2.75, 3.05) is 20.2 Å². The van der Waals surface area contributed by atoms with Gasteiger partial charge in [-0.2, -0.15) is 0 Å². The number of aliphatic imine (C=N–C) groups is 2. The summed E-state index contributed by atoms with van der Waals surface area (Å²) < 4.78 is 48.8. The van der Waals surface area contributed by atoms with E-state index in [1.807, 2.05) is 13.0 Å². The molecule has 0 saturated carbocycles. The van der Waals surface area contributed by atoms with E-state index in [9.17, 15) is 13.2 Å². The molecule has 0 spiro atoms. The number of hydrogen-bond acceptors (Lipinski definition) is 6. The van der Waals surface area contributed by atoms with E-state index >= 15 is 0 Å². The van der Waals surface area contributed by atoms with Crippen LogP contribution in [0.2, 0.25) is 0 Å². The number of benzene rings is 2. The molecule has 3 heterocycles. The zero-order valence-electron chi connectivity index (χ0n) is 18.6. The first-order valence-electron chi connectivity index (χ1n) is 10.7. The molecular weight excluding hydrogens is 443 g/mol. The maximum atomic E-state index is 14.9. The summed E-state index contributed by atoms with van der Waals surface area (Å²) in [7, 11) is 1.57. The molecule has 34 heavy (non-hydrogen) atoms. The van der Waals surface area contributed by atoms with Crippen molar-refractivity contribution in [2.45, 2.75) is 18.4 Å². The number of rotatable bonds is 4. The van der Waals surface area contributed by atoms with Gasteiger partial charge in [-0.15, -0.1) is 0 Å². The summed E-state index contributed by atoms with van der Waals surface area (Å²) in [6.07, 6.45) is 3.16. The molecule has 2 aliphatic heterocycles. The zero-order valence-corrected chi connectivity index (χ0v) is 18.6. The molecule has 5 rings (SSSR count). The maximum Gasteiger partial charge on any atom is 0.284 e. The topological polar surface area (TPSA) is 76.1 Å². The van der Waals surface area contributed by atoms with Crippen molar-refractivity contribution in [1.82, 2.24) is 9.88 Å². The predicted molar refractivity (Wildman–Crippen MR) is 124 cm³/mol. The van der Waals surface area contributed by atoms with E-state index in [0.717, 1.165) is 5.56 Å². The van der Waals surface area contributed by atoms with E-state index in [0.29, 0.717) is 28.0 Å². The van der Waals surface area contributed by atoms with Crippen molar-refractivity contribution in [3.05, 3.63) is 83.4 Å². The van der Waals surface area contributed by atoms with E-state index in [1.54, 1.807) is 55.9 Å². The molecule has 1 aromatic heterocycles. The van der Waals surface area contributed by atoms with Gasteiger partial charge in [0, 0.05) is 23.5 Å². The molecule has 1 unspecified atom stereocenters. The van der Waals surface area contributed by atoms with Gasteiger partial charge in [-0.1, -0.05) is 18.2 Å². The van der Waals surface area contributed by atoms with Crippen LogP contribution in [0.5, 0.6) is 5.75 Å². The van der Waals surface area contributed by atoms with Crippen LogP contribution in [0.4, 0.5) is 13.2 Å². The Bertz CT molecular complexity index is 1330. The largest absolute Gasteiger partial charge is 0.496 e. The number of nitrogens with two attached hydrogens (primary N) is 1. The van der Waals surface area contributed by atoms with Crippen molar-refractivity contribution < 1.29 is 17.9 Å². The molecule has 1 atom stereocenters. The minimum Gasteiger partial charge on any atom is -0.496 e. The lowest BCUT2D eigenvalue weighted by atomic mass is 9.80. The molecule has 6 nitrogen and oxygen atoms in total. The number of halogens is 3. The fourth-order valence-corrected chi connectivity index (χ4v) is 4.56. The van der Waals surface area contributed by atoms with Gasteiger partial charge in [0.1, 0.15) is 23.9 Å². The second-order valence-electron chi connectivity index (χ2n) is 8.38. The minimum absolute atomic E-state index is 0.0705. The summed E-state index contributed by atoms with van der Waals surface area (Å²) in [5.41, 5.74) is 7.77. The quantitative estimate of drug-likeness (QED) is 0.629. The smallest absolute Gasteiger partial charge is 0.284 e. The first kappa shape index (κ1) is 21.9. The number of hydrogen-bond donors (Lipinski definition) is 1. The second-order valence-corrected chi connectivity index (χ2v) is 8.38. The Morgan fingerprint density at radius 3 is 2.56 bits per heavy atom. The lowest BCUT2D eigenvalue weighted by Crippen LogP contribution is -2.53. The van der Waals surface area contributed by atoms with Crippen LogP contribution in [0, 0.1) is 12.7 Å². The third-order valence-corrected chi connectivity index (χ3v) is 6.16. The van der Waals surface area contributed by atoms with E-state index in [1.165, 1.54) is 11.0 Å². The fourth-order valence-electron chi connectivity index (χ4n) is 4.56. The summed E-state index contributed by atoms with van der Waals surface area (Å²) >= 11 is 0. The number of pyridine rings is 1. The molecule has 174 valence electrons. The average Bonchev–Trinajstić information content (AvgIpc) is 3.11. The monoisotopic (exact) mass is 465 g/mol. The first-order valence-corrected chi connectivity index (χ1v) is 10.7. The van der Waals surface area contributed by atoms with Crippen molar-refractivity contribution in [3.8, 4) is 16.9 Å². The Morgan fingerprint density at radius 2 is 1.85 bits per heavy atom. The minimum atomic E-state index is -3.04. The van der Waals surface area contributed by atoms with E-state index in [4.69, 9.17) is 15.5 Å². The summed E-state index contributed by atoms with van der Waals surface area (Å²) in [5, 5.41) is 0. The third-order valence-electron chi connectivity index (χ3n) is 6.16. The Hall–Kier alpha value is -3.88. The average molecular weight is 465 g/mol. The molecule has 2 aliphatic rings. The van der Waals surface area contributed by atoms with Gasteiger partial charge in [-0.3, -0.25) is 14.9 Å². The molecule has 0 saturated heterocycles. The van der Waals surface area contributed by atoms with Crippen LogP contribution in [0.1, 0.15) is 16.7 Å². The zero-order chi connectivity index (χ0) is 24.1. The van der Waals surface area contributed by atoms with Gasteiger partial charge in [0.25, 0.3) is 5.92 Å². The second kappa shape index (κ2) is 7.86. The van der Waals surface area contributed by atoms with Crippen LogP contribution in [-0.2, 0) is 5.54 Å². The first-order chi connectivity index (χ1) is 16.2. The highest BCUT2D eigenvalue weighted by Gasteiger charge is 2.53. The number of ether oxygens (including phenoxy) is 1. The van der Waals surface area contributed by atoms with Crippen LogP contribution in [-0.4, -0.2) is 47.8 Å². The van der Waals surface area contributed by atoms with Crippen molar-refractivity contribution in [2.24, 2.45) is 15.7 Å². The summed E-state index contributed by atoms with van der Waals surface area (Å²) in [4.78, 5) is 14.3. The number of nitrogens with zero attached hydrogens (tertiary/aromatic N) is 4. The number of aromatic nitrogens is 1. The molecule has 2 N–H and O–H groups in total. The number of guanidine groups is 1. The molecule has 0 radical (unpaired) electrons. The Morgan fingerprint density at radius 1 is 1.09 bits per heavy atom. The molecule has 0 amide bonds. The van der Waals surface area contributed by atoms with Gasteiger partial charge in [-0.25, -0.2) is 18.2 Å². The molecular formula is C25H22F3N5O. The van der Waals surface area contributed by atoms with E-state index < -0.39 is 30.4 Å². The highest BCUT2D eigenvalue weighted by atomic mass is 19.3. The van der Waals surface area contributed by atoms with Gasteiger partial charge in [0.2, 0.25) is 0 Å². The Kier molecular flexibility index (Phi) is 5.07. The summed E-state index contributed by atoms with van der Waals surface area (Å²) in [6, 6.07) is 13.5. The van der Waals surface area contributed by atoms with Crippen molar-refractivity contribution in [1.29, 1.82) is 0 Å². The van der Waals surface area contributed by atoms with Crippen LogP contribution >= 0.6 is 0 Å². The van der Waals surface area contributed by atoms with Gasteiger partial charge in [0.15, 0.2) is 11.5 Å². The molecule has 3 aromatic rings.